The first-order valence-electron chi connectivity index (χ1n) is 13.2. The fourth-order valence-electron chi connectivity index (χ4n) is 5.78. The lowest BCUT2D eigenvalue weighted by Crippen LogP contribution is -2.15. The topological polar surface area (TPSA) is 23.8 Å². The Labute approximate surface area is 194 Å². The smallest absolute Gasteiger partial charge is 0.144 e. The summed E-state index contributed by atoms with van der Waals surface area (Å²) in [4.78, 5) is 0. The number of hydrogen-bond donors (Lipinski definition) is 0. The average Bonchev–Trinajstić information content (AvgIpc) is 2.81. The van der Waals surface area contributed by atoms with Crippen LogP contribution in [0.4, 0.5) is 8.78 Å². The minimum atomic E-state index is -0.725. The summed E-state index contributed by atoms with van der Waals surface area (Å²) in [5, 5.41) is 8.85. The molecular weight excluding hydrogens is 400 g/mol. The van der Waals surface area contributed by atoms with Crippen LogP contribution in [0.2, 0.25) is 0 Å². The molecule has 2 aliphatic rings. The molecule has 1 aromatic rings. The second kappa shape index (κ2) is 13.1. The molecule has 32 heavy (non-hydrogen) atoms. The second-order valence-corrected chi connectivity index (χ2v) is 10.3. The van der Waals surface area contributed by atoms with Crippen molar-refractivity contribution < 1.29 is 8.78 Å². The second-order valence-electron chi connectivity index (χ2n) is 10.3. The largest absolute Gasteiger partial charge is 0.205 e. The number of rotatable bonds is 10. The van der Waals surface area contributed by atoms with Gasteiger partial charge in [-0.15, -0.1) is 0 Å². The highest BCUT2D eigenvalue weighted by molar-refractivity contribution is 5.36. The molecule has 3 heteroatoms. The van der Waals surface area contributed by atoms with Crippen molar-refractivity contribution in [3.63, 3.8) is 0 Å². The van der Waals surface area contributed by atoms with E-state index in [1.54, 1.807) is 6.07 Å². The molecule has 2 saturated carbocycles. The van der Waals surface area contributed by atoms with Gasteiger partial charge in [-0.1, -0.05) is 64.0 Å². The summed E-state index contributed by atoms with van der Waals surface area (Å²) in [6.45, 7) is 2.28. The molecule has 0 amide bonds. The van der Waals surface area contributed by atoms with Crippen molar-refractivity contribution in [2.75, 3.05) is 0 Å². The first-order chi connectivity index (χ1) is 15.6. The van der Waals surface area contributed by atoms with Crippen molar-refractivity contribution in [2.45, 2.75) is 109 Å². The predicted molar refractivity (Wildman–Crippen MR) is 128 cm³/mol. The van der Waals surface area contributed by atoms with Crippen LogP contribution in [0.5, 0.6) is 0 Å². The third-order valence-corrected chi connectivity index (χ3v) is 7.93. The standard InChI is InChI=1S/C29H41F2N/c1-2-3-4-5-6-7-8-22-9-11-23(12-10-22)13-14-24-15-17-25(18-16-24)26-19-28(30)27(21-32)29(31)20-26/h13-14,19-20,22-25H,2-12,15-18H2,1H3/b14-13+. The Hall–Kier alpha value is -1.69. The van der Waals surface area contributed by atoms with E-state index in [0.29, 0.717) is 11.5 Å². The maximum Gasteiger partial charge on any atom is 0.144 e. The molecule has 2 fully saturated rings. The van der Waals surface area contributed by atoms with E-state index in [9.17, 15) is 8.78 Å². The third-order valence-electron chi connectivity index (χ3n) is 7.93. The van der Waals surface area contributed by atoms with Crippen LogP contribution in [0.1, 0.15) is 120 Å². The van der Waals surface area contributed by atoms with E-state index < -0.39 is 17.2 Å². The highest BCUT2D eigenvalue weighted by atomic mass is 19.1. The predicted octanol–water partition coefficient (Wildman–Crippen LogP) is 9.22. The highest BCUT2D eigenvalue weighted by Crippen LogP contribution is 2.38. The minimum absolute atomic E-state index is 0.203. The van der Waals surface area contributed by atoms with E-state index in [-0.39, 0.29) is 5.92 Å². The summed E-state index contributed by atoms with van der Waals surface area (Å²) in [6.07, 6.45) is 24.3. The van der Waals surface area contributed by atoms with Gasteiger partial charge in [0.05, 0.1) is 0 Å². The van der Waals surface area contributed by atoms with Crippen LogP contribution in [-0.4, -0.2) is 0 Å². The van der Waals surface area contributed by atoms with Gasteiger partial charge in [-0.3, -0.25) is 0 Å². The lowest BCUT2D eigenvalue weighted by Gasteiger charge is -2.29. The normalized spacial score (nSPS) is 26.3. The number of benzene rings is 1. The molecule has 0 aliphatic heterocycles. The van der Waals surface area contributed by atoms with E-state index in [2.05, 4.69) is 19.1 Å². The van der Waals surface area contributed by atoms with Crippen molar-refractivity contribution >= 4 is 0 Å². The number of hydrogen-bond acceptors (Lipinski definition) is 1. The summed E-state index contributed by atoms with van der Waals surface area (Å²) in [7, 11) is 0. The fraction of sp³-hybridized carbons (Fsp3) is 0.690. The van der Waals surface area contributed by atoms with Crippen LogP contribution in [-0.2, 0) is 0 Å². The lowest BCUT2D eigenvalue weighted by molar-refractivity contribution is 0.287. The Morgan fingerprint density at radius 3 is 1.91 bits per heavy atom. The molecule has 1 nitrogen and oxygen atoms in total. The molecule has 0 saturated heterocycles. The zero-order valence-corrected chi connectivity index (χ0v) is 19.9. The van der Waals surface area contributed by atoms with E-state index >= 15 is 0 Å². The van der Waals surface area contributed by atoms with Crippen molar-refractivity contribution in [1.82, 2.24) is 0 Å². The van der Waals surface area contributed by atoms with Crippen molar-refractivity contribution in [3.05, 3.63) is 47.0 Å². The van der Waals surface area contributed by atoms with Gasteiger partial charge in [-0.2, -0.15) is 5.26 Å². The van der Waals surface area contributed by atoms with Gasteiger partial charge in [0, 0.05) is 0 Å². The van der Waals surface area contributed by atoms with E-state index in [4.69, 9.17) is 5.26 Å². The molecule has 0 atom stereocenters. The van der Waals surface area contributed by atoms with Gasteiger partial charge >= 0.3 is 0 Å². The summed E-state index contributed by atoms with van der Waals surface area (Å²) in [5.74, 6) is 1.05. The molecule has 1 aromatic carbocycles. The van der Waals surface area contributed by atoms with Crippen molar-refractivity contribution in [2.24, 2.45) is 17.8 Å². The molecule has 0 spiro atoms. The number of halogens is 2. The molecule has 0 unspecified atom stereocenters. The lowest BCUT2D eigenvalue weighted by atomic mass is 9.76. The van der Waals surface area contributed by atoms with Crippen molar-refractivity contribution in [3.8, 4) is 6.07 Å². The molecule has 2 aliphatic carbocycles. The van der Waals surface area contributed by atoms with Crippen LogP contribution in [0.15, 0.2) is 24.3 Å². The number of nitrogens with zero attached hydrogens (tertiary/aromatic N) is 1. The Kier molecular flexibility index (Phi) is 10.2. The highest BCUT2D eigenvalue weighted by Gasteiger charge is 2.24. The quantitative estimate of drug-likeness (QED) is 0.262. The number of nitriles is 1. The van der Waals surface area contributed by atoms with Gasteiger partial charge in [0.25, 0.3) is 0 Å². The molecule has 0 bridgehead atoms. The van der Waals surface area contributed by atoms with E-state index in [1.165, 1.54) is 82.8 Å². The molecular formula is C29H41F2N. The van der Waals surface area contributed by atoms with Crippen LogP contribution in [0.3, 0.4) is 0 Å². The van der Waals surface area contributed by atoms with Crippen LogP contribution in [0, 0.1) is 40.7 Å². The summed E-state index contributed by atoms with van der Waals surface area (Å²) in [5.41, 5.74) is 0.247. The molecule has 176 valence electrons. The Balaban J connectivity index is 1.35. The molecule has 3 rings (SSSR count). The number of allylic oxidation sites excluding steroid dienone is 2. The first kappa shape index (κ1) is 24.9. The summed E-state index contributed by atoms with van der Waals surface area (Å²) in [6, 6.07) is 4.35. The van der Waals surface area contributed by atoms with Crippen LogP contribution < -0.4 is 0 Å². The van der Waals surface area contributed by atoms with E-state index in [0.717, 1.165) is 37.5 Å². The fourth-order valence-corrected chi connectivity index (χ4v) is 5.78. The van der Waals surface area contributed by atoms with Gasteiger partial charge in [0.15, 0.2) is 0 Å². The Bertz CT molecular complexity index is 739. The molecule has 0 aromatic heterocycles. The van der Waals surface area contributed by atoms with Crippen molar-refractivity contribution in [1.29, 1.82) is 5.26 Å². The van der Waals surface area contributed by atoms with Gasteiger partial charge in [0.1, 0.15) is 23.3 Å². The molecule has 0 N–H and O–H groups in total. The Morgan fingerprint density at radius 1 is 0.812 bits per heavy atom. The summed E-state index contributed by atoms with van der Waals surface area (Å²) >= 11 is 0. The minimum Gasteiger partial charge on any atom is -0.205 e. The monoisotopic (exact) mass is 441 g/mol. The van der Waals surface area contributed by atoms with Gasteiger partial charge < -0.3 is 0 Å². The average molecular weight is 442 g/mol. The first-order valence-corrected chi connectivity index (χ1v) is 13.2. The van der Waals surface area contributed by atoms with Gasteiger partial charge in [0.2, 0.25) is 0 Å². The number of unbranched alkanes of at least 4 members (excludes halogenated alkanes) is 5. The zero-order valence-electron chi connectivity index (χ0n) is 19.9. The zero-order chi connectivity index (χ0) is 22.8. The van der Waals surface area contributed by atoms with Crippen LogP contribution >= 0.6 is 0 Å². The maximum atomic E-state index is 14.0. The summed E-state index contributed by atoms with van der Waals surface area (Å²) < 4.78 is 27.9. The third kappa shape index (κ3) is 7.43. The molecule has 0 radical (unpaired) electrons. The van der Waals surface area contributed by atoms with Crippen LogP contribution in [0.25, 0.3) is 0 Å². The molecule has 0 heterocycles. The Morgan fingerprint density at radius 2 is 1.34 bits per heavy atom. The van der Waals surface area contributed by atoms with Gasteiger partial charge in [-0.05, 0) is 92.7 Å². The van der Waals surface area contributed by atoms with Gasteiger partial charge in [-0.25, -0.2) is 8.78 Å². The maximum absolute atomic E-state index is 14.0. The van der Waals surface area contributed by atoms with E-state index in [1.807, 2.05) is 0 Å². The SMILES string of the molecule is CCCCCCCCC1CCC(/C=C/C2CCC(c3cc(F)c(C#N)c(F)c3)CC2)CC1.